The number of halogens is 2. The number of pyridine rings is 1. The quantitative estimate of drug-likeness (QED) is 0.743. The van der Waals surface area contributed by atoms with Crippen LogP contribution < -0.4 is 5.32 Å². The molecule has 27 heavy (non-hydrogen) atoms. The molecule has 1 aliphatic carbocycles. The Labute approximate surface area is 153 Å². The van der Waals surface area contributed by atoms with Crippen molar-refractivity contribution in [2.45, 2.75) is 25.3 Å². The minimum atomic E-state index is -0.703. The van der Waals surface area contributed by atoms with E-state index in [0.717, 1.165) is 23.7 Å². The molecule has 1 amide bonds. The summed E-state index contributed by atoms with van der Waals surface area (Å²) in [5.74, 6) is -2.05. The third kappa shape index (κ3) is 3.14. The topological polar surface area (TPSA) is 80.0 Å². The van der Waals surface area contributed by atoms with E-state index in [1.165, 1.54) is 35.1 Å². The van der Waals surface area contributed by atoms with Crippen molar-refractivity contribution in [1.82, 2.24) is 20.1 Å². The first kappa shape index (κ1) is 17.1. The van der Waals surface area contributed by atoms with Crippen LogP contribution in [0.25, 0.3) is 5.69 Å². The van der Waals surface area contributed by atoms with Crippen molar-refractivity contribution >= 4 is 5.91 Å². The summed E-state index contributed by atoms with van der Waals surface area (Å²) in [6.45, 7) is 0. The summed E-state index contributed by atoms with van der Waals surface area (Å²) in [6, 6.07) is 5.93. The predicted molar refractivity (Wildman–Crippen MR) is 92.5 cm³/mol. The fourth-order valence-corrected chi connectivity index (χ4v) is 3.37. The minimum Gasteiger partial charge on any atom is -0.505 e. The summed E-state index contributed by atoms with van der Waals surface area (Å²) in [6.07, 6.45) is 5.12. The van der Waals surface area contributed by atoms with Gasteiger partial charge in [-0.2, -0.15) is 5.10 Å². The van der Waals surface area contributed by atoms with Crippen LogP contribution in [0.15, 0.2) is 42.7 Å². The monoisotopic (exact) mass is 370 g/mol. The molecule has 3 aromatic rings. The second-order valence-corrected chi connectivity index (χ2v) is 6.34. The predicted octanol–water partition coefficient (Wildman–Crippen LogP) is 3.06. The second kappa shape index (κ2) is 6.79. The van der Waals surface area contributed by atoms with E-state index in [4.69, 9.17) is 0 Å². The average Bonchev–Trinajstić information content (AvgIpc) is 3.07. The molecule has 0 bridgehead atoms. The molecular formula is C19H16F2N4O2. The number of carbonyl (C=O) groups excluding carboxylic acids is 1. The van der Waals surface area contributed by atoms with Crippen LogP contribution in [0.4, 0.5) is 8.78 Å². The highest BCUT2D eigenvalue weighted by molar-refractivity contribution is 5.95. The number of hydrogen-bond acceptors (Lipinski definition) is 4. The number of nitrogens with one attached hydrogen (secondary N) is 1. The zero-order valence-corrected chi connectivity index (χ0v) is 14.2. The normalized spacial score (nSPS) is 16.0. The lowest BCUT2D eigenvalue weighted by molar-refractivity contribution is 0.0924. The number of amides is 1. The van der Waals surface area contributed by atoms with Crippen molar-refractivity contribution in [2.75, 3.05) is 0 Å². The zero-order valence-electron chi connectivity index (χ0n) is 14.2. The van der Waals surface area contributed by atoms with Crippen LogP contribution in [-0.4, -0.2) is 25.8 Å². The number of hydrogen-bond donors (Lipinski definition) is 2. The van der Waals surface area contributed by atoms with Gasteiger partial charge in [0.15, 0.2) is 11.5 Å². The summed E-state index contributed by atoms with van der Waals surface area (Å²) >= 11 is 0. The Kier molecular flexibility index (Phi) is 4.31. The molecule has 1 aromatic carbocycles. The summed E-state index contributed by atoms with van der Waals surface area (Å²) in [5, 5.41) is 16.9. The van der Waals surface area contributed by atoms with E-state index in [9.17, 15) is 18.7 Å². The van der Waals surface area contributed by atoms with Crippen molar-refractivity contribution in [3.05, 3.63) is 71.3 Å². The molecule has 2 heterocycles. The molecule has 0 saturated heterocycles. The van der Waals surface area contributed by atoms with E-state index in [1.54, 1.807) is 6.20 Å². The molecule has 1 atom stereocenters. The molecule has 0 saturated carbocycles. The third-order valence-electron chi connectivity index (χ3n) is 4.63. The van der Waals surface area contributed by atoms with Crippen LogP contribution in [0.5, 0.6) is 5.75 Å². The van der Waals surface area contributed by atoms with Crippen molar-refractivity contribution < 1.29 is 18.7 Å². The van der Waals surface area contributed by atoms with Gasteiger partial charge in [-0.25, -0.2) is 18.4 Å². The van der Waals surface area contributed by atoms with Crippen LogP contribution >= 0.6 is 0 Å². The van der Waals surface area contributed by atoms with Gasteiger partial charge in [-0.1, -0.05) is 0 Å². The Bertz CT molecular complexity index is 1020. The lowest BCUT2D eigenvalue weighted by atomic mass is 9.92. The number of nitrogens with zero attached hydrogens (tertiary/aromatic N) is 3. The van der Waals surface area contributed by atoms with Gasteiger partial charge in [0.2, 0.25) is 0 Å². The summed E-state index contributed by atoms with van der Waals surface area (Å²) in [4.78, 5) is 16.4. The van der Waals surface area contributed by atoms with Crippen LogP contribution in [-0.2, 0) is 6.42 Å². The Morgan fingerprint density at radius 1 is 1.30 bits per heavy atom. The molecule has 0 aliphatic heterocycles. The lowest BCUT2D eigenvalue weighted by Crippen LogP contribution is -2.31. The summed E-state index contributed by atoms with van der Waals surface area (Å²) in [7, 11) is 0. The van der Waals surface area contributed by atoms with E-state index in [2.05, 4.69) is 15.4 Å². The van der Waals surface area contributed by atoms with E-state index in [1.807, 2.05) is 0 Å². The second-order valence-electron chi connectivity index (χ2n) is 6.34. The van der Waals surface area contributed by atoms with Gasteiger partial charge in [0.1, 0.15) is 17.3 Å². The largest absolute Gasteiger partial charge is 0.505 e. The lowest BCUT2D eigenvalue weighted by Gasteiger charge is -2.24. The SMILES string of the molecule is O=C(N[C@@H]1CCCc2c1cnn2-c1ccc(F)cc1F)c1ncccc1O. The highest BCUT2D eigenvalue weighted by Crippen LogP contribution is 2.32. The fourth-order valence-electron chi connectivity index (χ4n) is 3.37. The number of aromatic hydroxyl groups is 1. The fraction of sp³-hybridized carbons (Fsp3) is 0.211. The van der Waals surface area contributed by atoms with Crippen LogP contribution in [0.2, 0.25) is 0 Å². The molecule has 138 valence electrons. The first-order valence-corrected chi connectivity index (χ1v) is 8.51. The molecule has 4 rings (SSSR count). The number of benzene rings is 1. The highest BCUT2D eigenvalue weighted by atomic mass is 19.1. The van der Waals surface area contributed by atoms with Gasteiger partial charge in [-0.05, 0) is 43.5 Å². The molecule has 2 aromatic heterocycles. The standard InChI is InChI=1S/C19H16F2N4O2/c20-11-6-7-16(13(21)9-11)25-15-4-1-3-14(12(15)10-23-25)24-19(27)18-17(26)5-2-8-22-18/h2,5-10,14,26H,1,3-4H2,(H,24,27)/t14-/m1/s1. The van der Waals surface area contributed by atoms with Gasteiger partial charge in [-0.3, -0.25) is 4.79 Å². The zero-order chi connectivity index (χ0) is 19.0. The van der Waals surface area contributed by atoms with Crippen LogP contribution in [0, 0.1) is 11.6 Å². The molecule has 0 radical (unpaired) electrons. The maximum Gasteiger partial charge on any atom is 0.274 e. The van der Waals surface area contributed by atoms with Gasteiger partial charge in [-0.15, -0.1) is 0 Å². The molecule has 6 nitrogen and oxygen atoms in total. The first-order chi connectivity index (χ1) is 13.0. The number of aromatic nitrogens is 3. The van der Waals surface area contributed by atoms with E-state index >= 15 is 0 Å². The Balaban J connectivity index is 1.64. The molecule has 8 heteroatoms. The molecular weight excluding hydrogens is 354 g/mol. The van der Waals surface area contributed by atoms with Crippen LogP contribution in [0.3, 0.4) is 0 Å². The Hall–Kier alpha value is -3.29. The number of fused-ring (bicyclic) bond motifs is 1. The highest BCUT2D eigenvalue weighted by Gasteiger charge is 2.28. The first-order valence-electron chi connectivity index (χ1n) is 8.51. The van der Waals surface area contributed by atoms with E-state index < -0.39 is 17.5 Å². The van der Waals surface area contributed by atoms with Gasteiger partial charge in [0, 0.05) is 23.5 Å². The smallest absolute Gasteiger partial charge is 0.274 e. The van der Waals surface area contributed by atoms with Gasteiger partial charge < -0.3 is 10.4 Å². The van der Waals surface area contributed by atoms with Crippen molar-refractivity contribution in [1.29, 1.82) is 0 Å². The summed E-state index contributed by atoms with van der Waals surface area (Å²) < 4.78 is 28.8. The Morgan fingerprint density at radius 2 is 2.15 bits per heavy atom. The van der Waals surface area contributed by atoms with Crippen molar-refractivity contribution in [3.8, 4) is 11.4 Å². The molecule has 2 N–H and O–H groups in total. The minimum absolute atomic E-state index is 0.0541. The number of carbonyl (C=O) groups is 1. The maximum absolute atomic E-state index is 14.2. The third-order valence-corrected chi connectivity index (χ3v) is 4.63. The molecule has 0 spiro atoms. The summed E-state index contributed by atoms with van der Waals surface area (Å²) in [5.41, 5.74) is 1.64. The molecule has 0 unspecified atom stereocenters. The average molecular weight is 370 g/mol. The van der Waals surface area contributed by atoms with E-state index in [0.29, 0.717) is 12.8 Å². The Morgan fingerprint density at radius 3 is 2.93 bits per heavy atom. The van der Waals surface area contributed by atoms with Gasteiger partial charge in [0.25, 0.3) is 5.91 Å². The van der Waals surface area contributed by atoms with Crippen LogP contribution in [0.1, 0.15) is 40.6 Å². The van der Waals surface area contributed by atoms with Gasteiger partial charge in [0.05, 0.1) is 12.2 Å². The van der Waals surface area contributed by atoms with E-state index in [-0.39, 0.29) is 23.2 Å². The van der Waals surface area contributed by atoms with Crippen molar-refractivity contribution in [3.63, 3.8) is 0 Å². The molecule has 0 fully saturated rings. The van der Waals surface area contributed by atoms with Crippen molar-refractivity contribution in [2.24, 2.45) is 0 Å². The van der Waals surface area contributed by atoms with Gasteiger partial charge >= 0.3 is 0 Å². The maximum atomic E-state index is 14.2. The molecule has 1 aliphatic rings. The number of rotatable bonds is 3.